The first-order chi connectivity index (χ1) is 9.57. The maximum atomic E-state index is 12.1. The lowest BCUT2D eigenvalue weighted by atomic mass is 9.69. The van der Waals surface area contributed by atoms with Crippen LogP contribution in [0.2, 0.25) is 0 Å². The number of unbranched alkanes of at least 4 members (excludes halogenated alkanes) is 1. The lowest BCUT2D eigenvalue weighted by Gasteiger charge is -2.35. The molecule has 20 heavy (non-hydrogen) atoms. The molecular weight excluding hydrogens is 363 g/mol. The van der Waals surface area contributed by atoms with Gasteiger partial charge in [0.15, 0.2) is 5.78 Å². The SMILES string of the molecule is CCCCC12CCC(=O)C(I)=C1c1ccc(O)cc1C2. The normalized spacial score (nSPS) is 24.8. The molecule has 1 unspecified atom stereocenters. The maximum Gasteiger partial charge on any atom is 0.169 e. The summed E-state index contributed by atoms with van der Waals surface area (Å²) in [5.74, 6) is 0.614. The van der Waals surface area contributed by atoms with Crippen LogP contribution < -0.4 is 0 Å². The monoisotopic (exact) mass is 382 g/mol. The summed E-state index contributed by atoms with van der Waals surface area (Å²) in [7, 11) is 0. The zero-order chi connectivity index (χ0) is 14.3. The highest BCUT2D eigenvalue weighted by Gasteiger charge is 2.46. The van der Waals surface area contributed by atoms with E-state index in [0.717, 1.165) is 22.8 Å². The number of carbonyl (C=O) groups is 1. The Labute approximate surface area is 133 Å². The smallest absolute Gasteiger partial charge is 0.169 e. The number of allylic oxidation sites excluding steroid dienone is 2. The molecule has 0 fully saturated rings. The van der Waals surface area contributed by atoms with E-state index in [1.807, 2.05) is 12.1 Å². The second kappa shape index (κ2) is 5.17. The van der Waals surface area contributed by atoms with Gasteiger partial charge in [0.2, 0.25) is 0 Å². The zero-order valence-corrected chi connectivity index (χ0v) is 13.9. The number of fused-ring (bicyclic) bond motifs is 3. The van der Waals surface area contributed by atoms with Crippen molar-refractivity contribution >= 4 is 33.9 Å². The Morgan fingerprint density at radius 3 is 2.95 bits per heavy atom. The standard InChI is InChI=1S/C17H19IO2/c1-2-3-7-17-8-6-14(20)16(18)15(17)13-5-4-12(19)9-11(13)10-17/h4-5,9,19H,2-3,6-8,10H2,1H3. The maximum absolute atomic E-state index is 12.1. The molecule has 0 amide bonds. The molecule has 0 aliphatic heterocycles. The number of carbonyl (C=O) groups excluding carboxylic acids is 1. The number of hydrogen-bond donors (Lipinski definition) is 1. The van der Waals surface area contributed by atoms with E-state index < -0.39 is 0 Å². The van der Waals surface area contributed by atoms with Crippen LogP contribution in [0.3, 0.4) is 0 Å². The van der Waals surface area contributed by atoms with Gasteiger partial charge in [-0.15, -0.1) is 0 Å². The highest BCUT2D eigenvalue weighted by molar-refractivity contribution is 14.1. The van der Waals surface area contributed by atoms with Crippen LogP contribution in [0.5, 0.6) is 5.75 Å². The molecule has 106 valence electrons. The van der Waals surface area contributed by atoms with E-state index in [1.165, 1.54) is 29.5 Å². The van der Waals surface area contributed by atoms with Gasteiger partial charge in [0.05, 0.1) is 3.58 Å². The minimum absolute atomic E-state index is 0.135. The summed E-state index contributed by atoms with van der Waals surface area (Å²) in [4.78, 5) is 12.1. The molecule has 1 N–H and O–H groups in total. The number of benzene rings is 1. The molecule has 0 radical (unpaired) electrons. The third kappa shape index (κ3) is 2.10. The number of ketones is 1. The fourth-order valence-corrected chi connectivity index (χ4v) is 4.86. The Bertz CT molecular complexity index is 603. The quantitative estimate of drug-likeness (QED) is 0.774. The largest absolute Gasteiger partial charge is 0.508 e. The van der Waals surface area contributed by atoms with Gasteiger partial charge in [0.25, 0.3) is 0 Å². The number of phenolic OH excluding ortho intramolecular Hbond substituents is 1. The van der Waals surface area contributed by atoms with Crippen molar-refractivity contribution in [3.05, 3.63) is 32.9 Å². The van der Waals surface area contributed by atoms with Crippen LogP contribution in [0.15, 0.2) is 21.8 Å². The van der Waals surface area contributed by atoms with Crippen LogP contribution in [-0.2, 0) is 11.2 Å². The Balaban J connectivity index is 2.14. The minimum Gasteiger partial charge on any atom is -0.508 e. The van der Waals surface area contributed by atoms with Crippen LogP contribution in [-0.4, -0.2) is 10.9 Å². The molecule has 0 heterocycles. The summed E-state index contributed by atoms with van der Waals surface area (Å²) in [6, 6.07) is 5.61. The summed E-state index contributed by atoms with van der Waals surface area (Å²) in [5, 5.41) is 9.72. The molecule has 0 saturated heterocycles. The molecule has 1 aromatic carbocycles. The minimum atomic E-state index is 0.135. The average molecular weight is 382 g/mol. The van der Waals surface area contributed by atoms with Crippen molar-refractivity contribution in [3.63, 3.8) is 0 Å². The van der Waals surface area contributed by atoms with E-state index in [9.17, 15) is 9.90 Å². The Hall–Kier alpha value is -0.840. The van der Waals surface area contributed by atoms with Crippen LogP contribution in [0, 0.1) is 5.41 Å². The van der Waals surface area contributed by atoms with Crippen molar-refractivity contribution in [3.8, 4) is 5.75 Å². The van der Waals surface area contributed by atoms with E-state index in [0.29, 0.717) is 12.2 Å². The topological polar surface area (TPSA) is 37.3 Å². The molecule has 2 aliphatic carbocycles. The number of Topliss-reactive ketones (excluding diaryl/α,β-unsaturated/α-hetero) is 1. The van der Waals surface area contributed by atoms with E-state index in [1.54, 1.807) is 6.07 Å². The average Bonchev–Trinajstić information content (AvgIpc) is 2.75. The van der Waals surface area contributed by atoms with Crippen molar-refractivity contribution in [1.82, 2.24) is 0 Å². The van der Waals surface area contributed by atoms with Crippen LogP contribution in [0.4, 0.5) is 0 Å². The van der Waals surface area contributed by atoms with Crippen LogP contribution >= 0.6 is 22.6 Å². The number of hydrogen-bond acceptors (Lipinski definition) is 2. The molecule has 0 spiro atoms. The summed E-state index contributed by atoms with van der Waals surface area (Å²) in [6.07, 6.45) is 6.14. The summed E-state index contributed by atoms with van der Waals surface area (Å²) >= 11 is 2.23. The van der Waals surface area contributed by atoms with Crippen molar-refractivity contribution in [2.75, 3.05) is 0 Å². The molecule has 1 atom stereocenters. The van der Waals surface area contributed by atoms with Crippen molar-refractivity contribution in [2.45, 2.75) is 45.4 Å². The number of aromatic hydroxyl groups is 1. The van der Waals surface area contributed by atoms with Gasteiger partial charge in [-0.2, -0.15) is 0 Å². The molecule has 3 rings (SSSR count). The second-order valence-corrected chi connectivity index (χ2v) is 7.09. The first kappa shape index (κ1) is 14.1. The summed E-state index contributed by atoms with van der Waals surface area (Å²) < 4.78 is 0.925. The van der Waals surface area contributed by atoms with E-state index in [-0.39, 0.29) is 11.2 Å². The van der Waals surface area contributed by atoms with E-state index in [2.05, 4.69) is 29.5 Å². The molecule has 3 heteroatoms. The molecule has 0 aromatic heterocycles. The molecule has 1 aromatic rings. The third-order valence-corrected chi connectivity index (χ3v) is 5.86. The lowest BCUT2D eigenvalue weighted by Crippen LogP contribution is -2.27. The highest BCUT2D eigenvalue weighted by atomic mass is 127. The van der Waals surface area contributed by atoms with Gasteiger partial charge >= 0.3 is 0 Å². The fourth-order valence-electron chi connectivity index (χ4n) is 3.73. The van der Waals surface area contributed by atoms with Crippen molar-refractivity contribution < 1.29 is 9.90 Å². The van der Waals surface area contributed by atoms with Gasteiger partial charge in [-0.1, -0.05) is 25.8 Å². The predicted molar refractivity (Wildman–Crippen MR) is 88.9 cm³/mol. The lowest BCUT2D eigenvalue weighted by molar-refractivity contribution is -0.115. The second-order valence-electron chi connectivity index (χ2n) is 6.01. The van der Waals surface area contributed by atoms with Crippen LogP contribution in [0.25, 0.3) is 5.57 Å². The molecule has 0 saturated carbocycles. The first-order valence-electron chi connectivity index (χ1n) is 7.33. The molecule has 2 aliphatic rings. The Morgan fingerprint density at radius 2 is 2.20 bits per heavy atom. The van der Waals surface area contributed by atoms with E-state index >= 15 is 0 Å². The number of rotatable bonds is 3. The first-order valence-corrected chi connectivity index (χ1v) is 8.41. The molecule has 0 bridgehead atoms. The van der Waals surface area contributed by atoms with Gasteiger partial charge in [-0.25, -0.2) is 0 Å². The van der Waals surface area contributed by atoms with Gasteiger partial charge in [-0.05, 0) is 70.7 Å². The van der Waals surface area contributed by atoms with Gasteiger partial charge < -0.3 is 5.11 Å². The summed E-state index contributed by atoms with van der Waals surface area (Å²) in [6.45, 7) is 2.22. The third-order valence-electron chi connectivity index (χ3n) is 4.72. The van der Waals surface area contributed by atoms with E-state index in [4.69, 9.17) is 0 Å². The van der Waals surface area contributed by atoms with Crippen molar-refractivity contribution in [2.24, 2.45) is 5.41 Å². The Morgan fingerprint density at radius 1 is 1.40 bits per heavy atom. The van der Waals surface area contributed by atoms with Gasteiger partial charge in [0, 0.05) is 11.8 Å². The van der Waals surface area contributed by atoms with Crippen molar-refractivity contribution in [1.29, 1.82) is 0 Å². The molecule has 2 nitrogen and oxygen atoms in total. The van der Waals surface area contributed by atoms with Gasteiger partial charge in [-0.3, -0.25) is 4.79 Å². The highest BCUT2D eigenvalue weighted by Crippen LogP contribution is 2.57. The molecular formula is C17H19IO2. The number of phenols is 1. The summed E-state index contributed by atoms with van der Waals surface area (Å²) in [5.41, 5.74) is 3.80. The zero-order valence-electron chi connectivity index (χ0n) is 11.7. The van der Waals surface area contributed by atoms with Gasteiger partial charge in [0.1, 0.15) is 5.75 Å². The number of halogens is 1. The fraction of sp³-hybridized carbons (Fsp3) is 0.471. The van der Waals surface area contributed by atoms with Crippen LogP contribution in [0.1, 0.15) is 50.2 Å². The predicted octanol–water partition coefficient (Wildman–Crippen LogP) is 4.63. The Kier molecular flexibility index (Phi) is 3.65.